The standard InChI is InChI=1S/C16H20N4O3S/c1-11(21)17-13-8-6-12(7-9-13)14-10-20(19-18-14)15-4-3-5-16(15)24(2,22)23/h6-10,15-16H,3-5H2,1-2H3,(H,17,21)/t15-,16-/m1/s1. The maximum atomic E-state index is 11.9. The molecule has 1 aromatic carbocycles. The van der Waals surface area contributed by atoms with E-state index in [0.29, 0.717) is 17.8 Å². The van der Waals surface area contributed by atoms with Crippen LogP contribution in [0.25, 0.3) is 11.3 Å². The third-order valence-electron chi connectivity index (χ3n) is 4.32. The van der Waals surface area contributed by atoms with E-state index in [1.807, 2.05) is 12.1 Å². The number of carbonyl (C=O) groups excluding carboxylic acids is 1. The zero-order chi connectivity index (χ0) is 17.3. The van der Waals surface area contributed by atoms with E-state index in [2.05, 4.69) is 15.6 Å². The number of anilines is 1. The first-order valence-electron chi connectivity index (χ1n) is 7.83. The molecule has 2 aromatic rings. The van der Waals surface area contributed by atoms with Crippen molar-refractivity contribution in [2.45, 2.75) is 37.5 Å². The number of rotatable bonds is 4. The predicted molar refractivity (Wildman–Crippen MR) is 91.3 cm³/mol. The second-order valence-corrected chi connectivity index (χ2v) is 8.47. The number of hydrogen-bond donors (Lipinski definition) is 1. The minimum absolute atomic E-state index is 0.123. The molecule has 1 saturated carbocycles. The van der Waals surface area contributed by atoms with E-state index < -0.39 is 15.1 Å². The molecule has 0 spiro atoms. The average Bonchev–Trinajstić information content (AvgIpc) is 3.15. The lowest BCUT2D eigenvalue weighted by Gasteiger charge is -2.17. The fourth-order valence-corrected chi connectivity index (χ4v) is 4.63. The van der Waals surface area contributed by atoms with Crippen molar-refractivity contribution in [3.8, 4) is 11.3 Å². The van der Waals surface area contributed by atoms with Crippen LogP contribution in [0.5, 0.6) is 0 Å². The van der Waals surface area contributed by atoms with Crippen molar-refractivity contribution in [2.75, 3.05) is 11.6 Å². The van der Waals surface area contributed by atoms with E-state index in [1.54, 1.807) is 23.0 Å². The lowest BCUT2D eigenvalue weighted by molar-refractivity contribution is -0.114. The van der Waals surface area contributed by atoms with E-state index in [1.165, 1.54) is 13.2 Å². The second kappa shape index (κ2) is 6.35. The van der Waals surface area contributed by atoms with Crippen molar-refractivity contribution in [2.24, 2.45) is 0 Å². The van der Waals surface area contributed by atoms with Gasteiger partial charge in [0.05, 0.1) is 17.5 Å². The normalized spacial score (nSPS) is 20.9. The highest BCUT2D eigenvalue weighted by molar-refractivity contribution is 7.91. The molecule has 1 fully saturated rings. The van der Waals surface area contributed by atoms with Crippen molar-refractivity contribution in [1.82, 2.24) is 15.0 Å². The fraction of sp³-hybridized carbons (Fsp3) is 0.438. The topological polar surface area (TPSA) is 94.0 Å². The van der Waals surface area contributed by atoms with Crippen LogP contribution in [0.2, 0.25) is 0 Å². The molecule has 24 heavy (non-hydrogen) atoms. The Morgan fingerprint density at radius 2 is 1.96 bits per heavy atom. The van der Waals surface area contributed by atoms with E-state index in [9.17, 15) is 13.2 Å². The van der Waals surface area contributed by atoms with E-state index >= 15 is 0 Å². The molecule has 0 aliphatic heterocycles. The molecular weight excluding hydrogens is 328 g/mol. The lowest BCUT2D eigenvalue weighted by atomic mass is 10.1. The van der Waals surface area contributed by atoms with Crippen LogP contribution in [0.4, 0.5) is 5.69 Å². The molecule has 0 bridgehead atoms. The molecule has 1 amide bonds. The van der Waals surface area contributed by atoms with Gasteiger partial charge < -0.3 is 5.32 Å². The Balaban J connectivity index is 1.82. The Hall–Kier alpha value is -2.22. The Bertz CT molecular complexity index is 842. The number of nitrogens with one attached hydrogen (secondary N) is 1. The maximum absolute atomic E-state index is 11.9. The first-order valence-corrected chi connectivity index (χ1v) is 9.79. The highest BCUT2D eigenvalue weighted by Crippen LogP contribution is 2.34. The van der Waals surface area contributed by atoms with Crippen LogP contribution in [0, 0.1) is 0 Å². The molecule has 1 N–H and O–H groups in total. The summed E-state index contributed by atoms with van der Waals surface area (Å²) in [5, 5.41) is 10.6. The van der Waals surface area contributed by atoms with Gasteiger partial charge in [-0.2, -0.15) is 0 Å². The van der Waals surface area contributed by atoms with Crippen LogP contribution in [0.3, 0.4) is 0 Å². The summed E-state index contributed by atoms with van der Waals surface area (Å²) in [5.74, 6) is -0.123. The zero-order valence-electron chi connectivity index (χ0n) is 13.6. The van der Waals surface area contributed by atoms with Gasteiger partial charge in [-0.05, 0) is 31.4 Å². The van der Waals surface area contributed by atoms with Gasteiger partial charge in [-0.3, -0.25) is 4.79 Å². The number of benzene rings is 1. The molecule has 0 saturated heterocycles. The SMILES string of the molecule is CC(=O)Nc1ccc(-c2cn([C@@H]3CCC[C@H]3S(C)(=O)=O)nn2)cc1. The molecule has 7 nitrogen and oxygen atoms in total. The van der Waals surface area contributed by atoms with Gasteiger partial charge >= 0.3 is 0 Å². The number of hydrogen-bond acceptors (Lipinski definition) is 5. The molecule has 3 rings (SSSR count). The Labute approximate surface area is 141 Å². The van der Waals surface area contributed by atoms with Gasteiger partial charge in [0.15, 0.2) is 9.84 Å². The van der Waals surface area contributed by atoms with Crippen LogP contribution in [0.15, 0.2) is 30.5 Å². The summed E-state index contributed by atoms with van der Waals surface area (Å²) in [7, 11) is -3.10. The zero-order valence-corrected chi connectivity index (χ0v) is 14.5. The van der Waals surface area contributed by atoms with Crippen molar-refractivity contribution in [3.05, 3.63) is 30.5 Å². The molecule has 2 atom stereocenters. The fourth-order valence-electron chi connectivity index (χ4n) is 3.21. The monoisotopic (exact) mass is 348 g/mol. The van der Waals surface area contributed by atoms with E-state index in [4.69, 9.17) is 0 Å². The summed E-state index contributed by atoms with van der Waals surface area (Å²) < 4.78 is 25.5. The van der Waals surface area contributed by atoms with Gasteiger partial charge in [-0.15, -0.1) is 5.10 Å². The van der Waals surface area contributed by atoms with Crippen LogP contribution < -0.4 is 5.32 Å². The van der Waals surface area contributed by atoms with Gasteiger partial charge in [0.2, 0.25) is 5.91 Å². The van der Waals surface area contributed by atoms with Crippen molar-refractivity contribution < 1.29 is 13.2 Å². The molecule has 0 radical (unpaired) electrons. The third kappa shape index (κ3) is 3.48. The minimum atomic E-state index is -3.10. The second-order valence-electron chi connectivity index (χ2n) is 6.21. The Morgan fingerprint density at radius 3 is 2.58 bits per heavy atom. The smallest absolute Gasteiger partial charge is 0.221 e. The highest BCUT2D eigenvalue weighted by atomic mass is 32.2. The number of amides is 1. The van der Waals surface area contributed by atoms with Crippen molar-refractivity contribution in [1.29, 1.82) is 0 Å². The number of carbonyl (C=O) groups is 1. The summed E-state index contributed by atoms with van der Waals surface area (Å²) >= 11 is 0. The Morgan fingerprint density at radius 1 is 1.25 bits per heavy atom. The predicted octanol–water partition coefficient (Wildman–Crippen LogP) is 2.04. The highest BCUT2D eigenvalue weighted by Gasteiger charge is 2.36. The van der Waals surface area contributed by atoms with Crippen LogP contribution in [0.1, 0.15) is 32.2 Å². The van der Waals surface area contributed by atoms with Gasteiger partial charge in [0.25, 0.3) is 0 Å². The largest absolute Gasteiger partial charge is 0.326 e. The summed E-state index contributed by atoms with van der Waals surface area (Å²) in [5.41, 5.74) is 2.26. The van der Waals surface area contributed by atoms with Crippen LogP contribution >= 0.6 is 0 Å². The summed E-state index contributed by atoms with van der Waals surface area (Å²) in [4.78, 5) is 11.0. The van der Waals surface area contributed by atoms with Crippen molar-refractivity contribution in [3.63, 3.8) is 0 Å². The molecule has 1 heterocycles. The minimum Gasteiger partial charge on any atom is -0.326 e. The molecule has 8 heteroatoms. The van der Waals surface area contributed by atoms with Crippen LogP contribution in [-0.2, 0) is 14.6 Å². The molecule has 1 aliphatic rings. The summed E-state index contributed by atoms with van der Waals surface area (Å²) in [6, 6.07) is 7.14. The van der Waals surface area contributed by atoms with E-state index in [0.717, 1.165) is 18.4 Å². The molecule has 128 valence electrons. The third-order valence-corrected chi connectivity index (χ3v) is 5.97. The number of aromatic nitrogens is 3. The first kappa shape index (κ1) is 16.6. The molecule has 1 aliphatic carbocycles. The van der Waals surface area contributed by atoms with Crippen molar-refractivity contribution >= 4 is 21.4 Å². The average molecular weight is 348 g/mol. The summed E-state index contributed by atoms with van der Waals surface area (Å²) in [6.07, 6.45) is 5.42. The van der Waals surface area contributed by atoms with Gasteiger partial charge in [0, 0.05) is 24.4 Å². The van der Waals surface area contributed by atoms with Gasteiger partial charge in [-0.1, -0.05) is 17.3 Å². The quantitative estimate of drug-likeness (QED) is 0.912. The lowest BCUT2D eigenvalue weighted by Crippen LogP contribution is -2.27. The number of sulfone groups is 1. The van der Waals surface area contributed by atoms with Gasteiger partial charge in [0.1, 0.15) is 5.69 Å². The molecule has 0 unspecified atom stereocenters. The molecular formula is C16H20N4O3S. The number of nitrogens with zero attached hydrogens (tertiary/aromatic N) is 3. The Kier molecular flexibility index (Phi) is 4.40. The van der Waals surface area contributed by atoms with Crippen LogP contribution in [-0.4, -0.2) is 40.8 Å². The maximum Gasteiger partial charge on any atom is 0.221 e. The first-order chi connectivity index (χ1) is 11.3. The van der Waals surface area contributed by atoms with E-state index in [-0.39, 0.29) is 11.9 Å². The summed E-state index contributed by atoms with van der Waals surface area (Å²) in [6.45, 7) is 1.46. The van der Waals surface area contributed by atoms with Gasteiger partial charge in [-0.25, -0.2) is 13.1 Å². The molecule has 1 aromatic heterocycles.